The number of carbonyl (C=O) groups is 1. The molecule has 2 aromatic rings. The minimum atomic E-state index is -0.638. The summed E-state index contributed by atoms with van der Waals surface area (Å²) in [6, 6.07) is 7.98. The van der Waals surface area contributed by atoms with Crippen LogP contribution in [0.1, 0.15) is 15.9 Å². The van der Waals surface area contributed by atoms with Gasteiger partial charge in [-0.3, -0.25) is 4.79 Å². The highest BCUT2D eigenvalue weighted by molar-refractivity contribution is 6.05. The Labute approximate surface area is 109 Å². The maximum Gasteiger partial charge on any atom is 0.255 e. The van der Waals surface area contributed by atoms with Gasteiger partial charge in [0, 0.05) is 5.56 Å². The summed E-state index contributed by atoms with van der Waals surface area (Å²) in [5, 5.41) is 2.34. The van der Waals surface area contributed by atoms with Crippen molar-refractivity contribution in [3.63, 3.8) is 0 Å². The third-order valence-corrected chi connectivity index (χ3v) is 2.59. The molecular formula is C14H12F2N2O. The summed E-state index contributed by atoms with van der Waals surface area (Å²) in [6.07, 6.45) is 0. The molecule has 0 heterocycles. The standard InChI is InChI=1S/C14H12F2N2O/c1-8-5-9(7-10(15)6-8)14(19)18-13-11(16)3-2-4-12(13)17/h2-7H,17H2,1H3,(H,18,19). The number of nitrogens with two attached hydrogens (primary N) is 1. The summed E-state index contributed by atoms with van der Waals surface area (Å²) in [7, 11) is 0. The van der Waals surface area contributed by atoms with Gasteiger partial charge in [0.15, 0.2) is 0 Å². The minimum Gasteiger partial charge on any atom is -0.397 e. The van der Waals surface area contributed by atoms with E-state index in [1.807, 2.05) is 0 Å². The van der Waals surface area contributed by atoms with Crippen LogP contribution in [-0.2, 0) is 0 Å². The zero-order valence-corrected chi connectivity index (χ0v) is 10.2. The van der Waals surface area contributed by atoms with Gasteiger partial charge in [0.1, 0.15) is 17.3 Å². The Bertz CT molecular complexity index is 601. The normalized spacial score (nSPS) is 10.3. The second-order valence-corrected chi connectivity index (χ2v) is 4.18. The van der Waals surface area contributed by atoms with Gasteiger partial charge >= 0.3 is 0 Å². The molecular weight excluding hydrogens is 250 g/mol. The van der Waals surface area contributed by atoms with Crippen molar-refractivity contribution >= 4 is 17.3 Å². The lowest BCUT2D eigenvalue weighted by Gasteiger charge is -2.09. The Morgan fingerprint density at radius 1 is 1.21 bits per heavy atom. The number of para-hydroxylation sites is 1. The fourth-order valence-electron chi connectivity index (χ4n) is 1.73. The molecule has 19 heavy (non-hydrogen) atoms. The molecule has 0 unspecified atom stereocenters. The van der Waals surface area contributed by atoms with E-state index in [9.17, 15) is 13.6 Å². The van der Waals surface area contributed by atoms with Crippen LogP contribution in [-0.4, -0.2) is 5.91 Å². The number of hydrogen-bond donors (Lipinski definition) is 2. The van der Waals surface area contributed by atoms with E-state index < -0.39 is 17.5 Å². The Morgan fingerprint density at radius 2 is 1.95 bits per heavy atom. The first-order valence-electron chi connectivity index (χ1n) is 5.60. The van der Waals surface area contributed by atoms with Crippen LogP contribution in [0.3, 0.4) is 0 Å². The van der Waals surface area contributed by atoms with Crippen LogP contribution in [0, 0.1) is 18.6 Å². The SMILES string of the molecule is Cc1cc(F)cc(C(=O)Nc2c(N)cccc2F)c1. The molecule has 2 rings (SSSR count). The van der Waals surface area contributed by atoms with Gasteiger partial charge in [0.2, 0.25) is 0 Å². The van der Waals surface area contributed by atoms with Gasteiger partial charge in [-0.15, -0.1) is 0 Å². The number of halogens is 2. The Kier molecular flexibility index (Phi) is 3.46. The first-order chi connectivity index (χ1) is 8.97. The molecule has 0 bridgehead atoms. The third-order valence-electron chi connectivity index (χ3n) is 2.59. The second-order valence-electron chi connectivity index (χ2n) is 4.18. The Balaban J connectivity index is 2.31. The molecule has 2 aromatic carbocycles. The van der Waals surface area contributed by atoms with Crippen LogP contribution in [0.2, 0.25) is 0 Å². The second kappa shape index (κ2) is 5.06. The Morgan fingerprint density at radius 3 is 2.58 bits per heavy atom. The first-order valence-corrected chi connectivity index (χ1v) is 5.60. The van der Waals surface area contributed by atoms with Crippen LogP contribution in [0.4, 0.5) is 20.2 Å². The largest absolute Gasteiger partial charge is 0.397 e. The van der Waals surface area contributed by atoms with Gasteiger partial charge in [-0.1, -0.05) is 6.07 Å². The highest BCUT2D eigenvalue weighted by Gasteiger charge is 2.12. The molecule has 0 atom stereocenters. The van der Waals surface area contributed by atoms with Crippen molar-refractivity contribution in [1.29, 1.82) is 0 Å². The summed E-state index contributed by atoms with van der Waals surface area (Å²) in [5.41, 5.74) is 6.30. The van der Waals surface area contributed by atoms with Crippen molar-refractivity contribution in [1.82, 2.24) is 0 Å². The molecule has 0 fully saturated rings. The van der Waals surface area contributed by atoms with Crippen molar-refractivity contribution in [3.8, 4) is 0 Å². The van der Waals surface area contributed by atoms with Crippen LogP contribution in [0.25, 0.3) is 0 Å². The number of aryl methyl sites for hydroxylation is 1. The number of carbonyl (C=O) groups excluding carboxylic acids is 1. The lowest BCUT2D eigenvalue weighted by atomic mass is 10.1. The number of benzene rings is 2. The quantitative estimate of drug-likeness (QED) is 0.817. The number of nitrogens with one attached hydrogen (secondary N) is 1. The number of hydrogen-bond acceptors (Lipinski definition) is 2. The highest BCUT2D eigenvalue weighted by Crippen LogP contribution is 2.22. The molecule has 5 heteroatoms. The van der Waals surface area contributed by atoms with E-state index in [0.29, 0.717) is 5.56 Å². The van der Waals surface area contributed by atoms with E-state index in [4.69, 9.17) is 5.73 Å². The van der Waals surface area contributed by atoms with Crippen LogP contribution in [0.15, 0.2) is 36.4 Å². The average Bonchev–Trinajstić information content (AvgIpc) is 2.32. The van der Waals surface area contributed by atoms with Gasteiger partial charge in [0.05, 0.1) is 5.69 Å². The van der Waals surface area contributed by atoms with Gasteiger partial charge in [-0.2, -0.15) is 0 Å². The van der Waals surface area contributed by atoms with Crippen LogP contribution in [0.5, 0.6) is 0 Å². The molecule has 0 aromatic heterocycles. The number of nitrogen functional groups attached to an aromatic ring is 1. The molecule has 0 spiro atoms. The van der Waals surface area contributed by atoms with Crippen molar-refractivity contribution in [2.45, 2.75) is 6.92 Å². The molecule has 98 valence electrons. The fraction of sp³-hybridized carbons (Fsp3) is 0.0714. The van der Waals surface area contributed by atoms with Crippen molar-refractivity contribution in [2.75, 3.05) is 11.1 Å². The fourth-order valence-corrected chi connectivity index (χ4v) is 1.73. The summed E-state index contributed by atoms with van der Waals surface area (Å²) >= 11 is 0. The zero-order valence-electron chi connectivity index (χ0n) is 10.2. The predicted molar refractivity (Wildman–Crippen MR) is 69.9 cm³/mol. The van der Waals surface area contributed by atoms with Crippen molar-refractivity contribution < 1.29 is 13.6 Å². The van der Waals surface area contributed by atoms with E-state index in [0.717, 1.165) is 6.07 Å². The van der Waals surface area contributed by atoms with E-state index in [-0.39, 0.29) is 16.9 Å². The maximum absolute atomic E-state index is 13.5. The third kappa shape index (κ3) is 2.88. The monoisotopic (exact) mass is 262 g/mol. The van der Waals surface area contributed by atoms with E-state index in [1.165, 1.54) is 30.3 Å². The summed E-state index contributed by atoms with van der Waals surface area (Å²) < 4.78 is 26.7. The molecule has 0 aliphatic heterocycles. The number of amides is 1. The molecule has 0 aliphatic rings. The van der Waals surface area contributed by atoms with Gasteiger partial charge < -0.3 is 11.1 Å². The molecule has 3 N–H and O–H groups in total. The summed E-state index contributed by atoms with van der Waals surface area (Å²) in [4.78, 5) is 11.9. The van der Waals surface area contributed by atoms with Crippen LogP contribution < -0.4 is 11.1 Å². The van der Waals surface area contributed by atoms with Crippen molar-refractivity contribution in [3.05, 3.63) is 59.2 Å². The minimum absolute atomic E-state index is 0.102. The molecule has 0 saturated heterocycles. The lowest BCUT2D eigenvalue weighted by Crippen LogP contribution is -2.15. The first kappa shape index (κ1) is 13.0. The van der Waals surface area contributed by atoms with Gasteiger partial charge in [-0.05, 0) is 42.8 Å². The summed E-state index contributed by atoms with van der Waals surface area (Å²) in [6.45, 7) is 1.66. The van der Waals surface area contributed by atoms with Crippen molar-refractivity contribution in [2.24, 2.45) is 0 Å². The van der Waals surface area contributed by atoms with Gasteiger partial charge in [-0.25, -0.2) is 8.78 Å². The molecule has 0 saturated carbocycles. The molecule has 0 radical (unpaired) electrons. The number of rotatable bonds is 2. The lowest BCUT2D eigenvalue weighted by molar-refractivity contribution is 0.102. The average molecular weight is 262 g/mol. The van der Waals surface area contributed by atoms with Gasteiger partial charge in [0.25, 0.3) is 5.91 Å². The maximum atomic E-state index is 13.5. The van der Waals surface area contributed by atoms with Crippen LogP contribution >= 0.6 is 0 Å². The summed E-state index contributed by atoms with van der Waals surface area (Å²) in [5.74, 6) is -1.77. The van der Waals surface area contributed by atoms with E-state index >= 15 is 0 Å². The Hall–Kier alpha value is -2.43. The smallest absolute Gasteiger partial charge is 0.255 e. The number of anilines is 2. The highest BCUT2D eigenvalue weighted by atomic mass is 19.1. The molecule has 0 aliphatic carbocycles. The zero-order chi connectivity index (χ0) is 14.0. The predicted octanol–water partition coefficient (Wildman–Crippen LogP) is 3.11. The van der Waals surface area contributed by atoms with E-state index in [2.05, 4.69) is 5.32 Å². The van der Waals surface area contributed by atoms with E-state index in [1.54, 1.807) is 6.92 Å². The molecule has 3 nitrogen and oxygen atoms in total. The molecule has 1 amide bonds. The topological polar surface area (TPSA) is 55.1 Å².